The Morgan fingerprint density at radius 3 is 1.91 bits per heavy atom. The van der Waals surface area contributed by atoms with Gasteiger partial charge in [0.2, 0.25) is 0 Å². The molecule has 0 heterocycles. The topological polar surface area (TPSA) is 20.2 Å². The Balaban J connectivity index is 3.86. The zero-order valence-corrected chi connectivity index (χ0v) is 8.35. The summed E-state index contributed by atoms with van der Waals surface area (Å²) in [7, 11) is 0. The predicted molar refractivity (Wildman–Crippen MR) is 49.6 cm³/mol. The number of aliphatic hydroxyl groups excluding tert-OH is 1. The molecule has 0 aromatic heterocycles. The molecule has 0 spiro atoms. The molecule has 0 bridgehead atoms. The molecule has 0 saturated carbocycles. The maximum Gasteiger partial charge on any atom is 0.0542 e. The molecule has 0 fully saturated rings. The lowest BCUT2D eigenvalue weighted by atomic mass is 9.79. The van der Waals surface area contributed by atoms with Crippen molar-refractivity contribution >= 4 is 0 Å². The highest BCUT2D eigenvalue weighted by molar-refractivity contribution is 4.74. The summed E-state index contributed by atoms with van der Waals surface area (Å²) in [5.74, 6) is 0. The Bertz CT molecular complexity index is 95.0. The fourth-order valence-corrected chi connectivity index (χ4v) is 1.25. The zero-order chi connectivity index (χ0) is 8.91. The summed E-state index contributed by atoms with van der Waals surface area (Å²) in [5.41, 5.74) is 0.357. The SMILES string of the molecule is CCC(O)CC(C)(CC)CC. The highest BCUT2D eigenvalue weighted by atomic mass is 16.3. The summed E-state index contributed by atoms with van der Waals surface area (Å²) in [6.45, 7) is 8.69. The molecule has 0 aliphatic carbocycles. The minimum atomic E-state index is -0.0973. The molecule has 0 radical (unpaired) electrons. The lowest BCUT2D eigenvalue weighted by Crippen LogP contribution is -2.21. The third-order valence-corrected chi connectivity index (χ3v) is 2.91. The van der Waals surface area contributed by atoms with Crippen molar-refractivity contribution < 1.29 is 5.11 Å². The summed E-state index contributed by atoms with van der Waals surface area (Å²) in [5, 5.41) is 9.46. The van der Waals surface area contributed by atoms with Crippen molar-refractivity contribution in [1.82, 2.24) is 0 Å². The number of hydrogen-bond donors (Lipinski definition) is 1. The fourth-order valence-electron chi connectivity index (χ4n) is 1.25. The van der Waals surface area contributed by atoms with Crippen LogP contribution in [0.1, 0.15) is 53.4 Å². The van der Waals surface area contributed by atoms with Gasteiger partial charge in [-0.15, -0.1) is 0 Å². The Labute approximate surface area is 70.8 Å². The molecule has 68 valence electrons. The van der Waals surface area contributed by atoms with E-state index in [2.05, 4.69) is 20.8 Å². The van der Waals surface area contributed by atoms with E-state index in [9.17, 15) is 5.11 Å². The van der Waals surface area contributed by atoms with Crippen LogP contribution in [0.5, 0.6) is 0 Å². The van der Waals surface area contributed by atoms with Gasteiger partial charge in [-0.25, -0.2) is 0 Å². The van der Waals surface area contributed by atoms with E-state index in [0.717, 1.165) is 12.8 Å². The van der Waals surface area contributed by atoms with Crippen molar-refractivity contribution in [3.8, 4) is 0 Å². The molecular formula is C10H22O. The molecule has 0 aliphatic heterocycles. The van der Waals surface area contributed by atoms with Gasteiger partial charge in [0.05, 0.1) is 6.10 Å². The number of hydrogen-bond acceptors (Lipinski definition) is 1. The van der Waals surface area contributed by atoms with Gasteiger partial charge in [-0.2, -0.15) is 0 Å². The minimum Gasteiger partial charge on any atom is -0.393 e. The second kappa shape index (κ2) is 4.76. The van der Waals surface area contributed by atoms with E-state index in [4.69, 9.17) is 0 Å². The Hall–Kier alpha value is -0.0400. The van der Waals surface area contributed by atoms with E-state index in [1.54, 1.807) is 0 Å². The highest BCUT2D eigenvalue weighted by Gasteiger charge is 2.22. The molecule has 1 N–H and O–H groups in total. The summed E-state index contributed by atoms with van der Waals surface area (Å²) < 4.78 is 0. The van der Waals surface area contributed by atoms with Crippen LogP contribution in [0.15, 0.2) is 0 Å². The molecule has 1 heteroatoms. The number of aliphatic hydroxyl groups is 1. The van der Waals surface area contributed by atoms with Crippen molar-refractivity contribution in [3.05, 3.63) is 0 Å². The van der Waals surface area contributed by atoms with E-state index in [-0.39, 0.29) is 6.10 Å². The van der Waals surface area contributed by atoms with E-state index >= 15 is 0 Å². The van der Waals surface area contributed by atoms with E-state index in [1.165, 1.54) is 12.8 Å². The summed E-state index contributed by atoms with van der Waals surface area (Å²) in [4.78, 5) is 0. The average molecular weight is 158 g/mol. The highest BCUT2D eigenvalue weighted by Crippen LogP contribution is 2.31. The normalized spacial score (nSPS) is 15.0. The van der Waals surface area contributed by atoms with Gasteiger partial charge >= 0.3 is 0 Å². The minimum absolute atomic E-state index is 0.0973. The van der Waals surface area contributed by atoms with Crippen molar-refractivity contribution in [2.45, 2.75) is 59.5 Å². The monoisotopic (exact) mass is 158 g/mol. The van der Waals surface area contributed by atoms with Crippen molar-refractivity contribution in [1.29, 1.82) is 0 Å². The quantitative estimate of drug-likeness (QED) is 0.652. The van der Waals surface area contributed by atoms with Gasteiger partial charge < -0.3 is 5.11 Å². The second-order valence-corrected chi connectivity index (χ2v) is 3.78. The molecule has 0 saturated heterocycles. The van der Waals surface area contributed by atoms with Crippen LogP contribution >= 0.6 is 0 Å². The molecule has 1 atom stereocenters. The second-order valence-electron chi connectivity index (χ2n) is 3.78. The van der Waals surface area contributed by atoms with Gasteiger partial charge in [0.15, 0.2) is 0 Å². The van der Waals surface area contributed by atoms with E-state index < -0.39 is 0 Å². The first-order valence-corrected chi connectivity index (χ1v) is 4.76. The smallest absolute Gasteiger partial charge is 0.0542 e. The predicted octanol–water partition coefficient (Wildman–Crippen LogP) is 2.97. The third-order valence-electron chi connectivity index (χ3n) is 2.91. The molecule has 0 rings (SSSR count). The Morgan fingerprint density at radius 2 is 1.64 bits per heavy atom. The van der Waals surface area contributed by atoms with Gasteiger partial charge in [-0.3, -0.25) is 0 Å². The maximum absolute atomic E-state index is 9.46. The molecular weight excluding hydrogens is 136 g/mol. The number of rotatable bonds is 5. The molecule has 0 aliphatic rings. The molecule has 1 unspecified atom stereocenters. The summed E-state index contributed by atoms with van der Waals surface area (Å²) in [6.07, 6.45) is 4.08. The van der Waals surface area contributed by atoms with Crippen LogP contribution < -0.4 is 0 Å². The van der Waals surface area contributed by atoms with Crippen LogP contribution in [0, 0.1) is 5.41 Å². The van der Waals surface area contributed by atoms with Crippen molar-refractivity contribution in [2.24, 2.45) is 5.41 Å². The zero-order valence-electron chi connectivity index (χ0n) is 8.35. The Morgan fingerprint density at radius 1 is 1.18 bits per heavy atom. The lowest BCUT2D eigenvalue weighted by molar-refractivity contribution is 0.0971. The van der Waals surface area contributed by atoms with Gasteiger partial charge in [-0.05, 0) is 18.3 Å². The van der Waals surface area contributed by atoms with Gasteiger partial charge in [0.1, 0.15) is 0 Å². The molecule has 0 amide bonds. The van der Waals surface area contributed by atoms with Crippen LogP contribution in [-0.2, 0) is 0 Å². The maximum atomic E-state index is 9.46. The van der Waals surface area contributed by atoms with Gasteiger partial charge in [-0.1, -0.05) is 40.5 Å². The van der Waals surface area contributed by atoms with Crippen LogP contribution in [0.2, 0.25) is 0 Å². The van der Waals surface area contributed by atoms with E-state index in [0.29, 0.717) is 5.41 Å². The summed E-state index contributed by atoms with van der Waals surface area (Å²) >= 11 is 0. The first kappa shape index (κ1) is 11.0. The molecule has 0 aromatic carbocycles. The van der Waals surface area contributed by atoms with Gasteiger partial charge in [0.25, 0.3) is 0 Å². The van der Waals surface area contributed by atoms with Gasteiger partial charge in [0, 0.05) is 0 Å². The first-order chi connectivity index (χ1) is 5.08. The van der Waals surface area contributed by atoms with Crippen molar-refractivity contribution in [2.75, 3.05) is 0 Å². The summed E-state index contributed by atoms with van der Waals surface area (Å²) in [6, 6.07) is 0. The van der Waals surface area contributed by atoms with Crippen LogP contribution in [0.4, 0.5) is 0 Å². The van der Waals surface area contributed by atoms with Crippen LogP contribution in [0.25, 0.3) is 0 Å². The standard InChI is InChI=1S/C10H22O/c1-5-9(11)8-10(4,6-2)7-3/h9,11H,5-8H2,1-4H3. The largest absolute Gasteiger partial charge is 0.393 e. The molecule has 11 heavy (non-hydrogen) atoms. The fraction of sp³-hybridized carbons (Fsp3) is 1.00. The Kier molecular flexibility index (Phi) is 4.74. The van der Waals surface area contributed by atoms with Crippen molar-refractivity contribution in [3.63, 3.8) is 0 Å². The van der Waals surface area contributed by atoms with Crippen LogP contribution in [0.3, 0.4) is 0 Å². The first-order valence-electron chi connectivity index (χ1n) is 4.76. The average Bonchev–Trinajstić information content (AvgIpc) is 2.04. The van der Waals surface area contributed by atoms with Crippen LogP contribution in [-0.4, -0.2) is 11.2 Å². The third kappa shape index (κ3) is 3.76. The molecule has 0 aromatic rings. The molecule has 1 nitrogen and oxygen atoms in total. The lowest BCUT2D eigenvalue weighted by Gasteiger charge is -2.28. The van der Waals surface area contributed by atoms with E-state index in [1.807, 2.05) is 6.92 Å².